The lowest BCUT2D eigenvalue weighted by molar-refractivity contribution is 0.573. The highest BCUT2D eigenvalue weighted by Crippen LogP contribution is 2.28. The summed E-state index contributed by atoms with van der Waals surface area (Å²) in [5.41, 5.74) is 4.02. The molecule has 0 fully saturated rings. The Balaban J connectivity index is 1.93. The molecule has 4 heteroatoms. The number of rotatable bonds is 3. The third-order valence-electron chi connectivity index (χ3n) is 3.46. The van der Waals surface area contributed by atoms with E-state index in [-0.39, 0.29) is 0 Å². The molecule has 2 heterocycles. The van der Waals surface area contributed by atoms with E-state index in [1.165, 1.54) is 0 Å². The highest BCUT2D eigenvalue weighted by Gasteiger charge is 2.11. The van der Waals surface area contributed by atoms with Crippen LogP contribution in [0.2, 0.25) is 5.15 Å². The van der Waals surface area contributed by atoms with E-state index in [1.807, 2.05) is 38.1 Å². The van der Waals surface area contributed by atoms with Crippen molar-refractivity contribution in [2.75, 3.05) is 5.32 Å². The van der Waals surface area contributed by atoms with Crippen molar-refractivity contribution >= 4 is 28.3 Å². The van der Waals surface area contributed by atoms with Crippen LogP contribution in [0.4, 0.5) is 5.69 Å². The molecule has 102 valence electrons. The fourth-order valence-electron chi connectivity index (χ4n) is 2.36. The maximum Gasteiger partial charge on any atom is 0.152 e. The summed E-state index contributed by atoms with van der Waals surface area (Å²) in [4.78, 5) is 4.10. The SMILES string of the molecule is Cc1ccnc(Cl)c1NCc1c(C)oc2ccccc12. The summed E-state index contributed by atoms with van der Waals surface area (Å²) in [7, 11) is 0. The fourth-order valence-corrected chi connectivity index (χ4v) is 2.63. The van der Waals surface area contributed by atoms with E-state index in [2.05, 4.69) is 16.4 Å². The number of pyridine rings is 1. The molecule has 0 saturated heterocycles. The Kier molecular flexibility index (Phi) is 3.36. The van der Waals surface area contributed by atoms with Gasteiger partial charge in [0.15, 0.2) is 5.15 Å². The predicted molar refractivity (Wildman–Crippen MR) is 82.3 cm³/mol. The molecular formula is C16H15ClN2O. The number of hydrogen-bond donors (Lipinski definition) is 1. The van der Waals surface area contributed by atoms with E-state index in [0.717, 1.165) is 33.5 Å². The van der Waals surface area contributed by atoms with Crippen molar-refractivity contribution in [2.45, 2.75) is 20.4 Å². The van der Waals surface area contributed by atoms with Crippen LogP contribution in [0, 0.1) is 13.8 Å². The van der Waals surface area contributed by atoms with Crippen molar-refractivity contribution in [3.05, 3.63) is 58.6 Å². The van der Waals surface area contributed by atoms with E-state index in [9.17, 15) is 0 Å². The van der Waals surface area contributed by atoms with Crippen LogP contribution in [0.1, 0.15) is 16.9 Å². The number of furan rings is 1. The number of nitrogens with zero attached hydrogens (tertiary/aromatic N) is 1. The van der Waals surface area contributed by atoms with E-state index in [4.69, 9.17) is 16.0 Å². The number of hydrogen-bond acceptors (Lipinski definition) is 3. The molecule has 0 aliphatic heterocycles. The summed E-state index contributed by atoms with van der Waals surface area (Å²) in [5, 5.41) is 4.99. The van der Waals surface area contributed by atoms with Crippen LogP contribution < -0.4 is 5.32 Å². The van der Waals surface area contributed by atoms with E-state index < -0.39 is 0 Å². The van der Waals surface area contributed by atoms with Crippen molar-refractivity contribution in [3.63, 3.8) is 0 Å². The smallest absolute Gasteiger partial charge is 0.152 e. The van der Waals surface area contributed by atoms with Gasteiger partial charge in [-0.1, -0.05) is 29.8 Å². The Bertz CT molecular complexity index is 744. The molecule has 3 nitrogen and oxygen atoms in total. The van der Waals surface area contributed by atoms with E-state index in [0.29, 0.717) is 11.7 Å². The molecule has 0 radical (unpaired) electrons. The van der Waals surface area contributed by atoms with Crippen LogP contribution in [0.5, 0.6) is 0 Å². The Labute approximate surface area is 122 Å². The highest BCUT2D eigenvalue weighted by molar-refractivity contribution is 6.32. The van der Waals surface area contributed by atoms with Gasteiger partial charge in [-0.15, -0.1) is 0 Å². The summed E-state index contributed by atoms with van der Waals surface area (Å²) >= 11 is 6.13. The fraction of sp³-hybridized carbons (Fsp3) is 0.188. The number of aromatic nitrogens is 1. The zero-order valence-corrected chi connectivity index (χ0v) is 12.2. The summed E-state index contributed by atoms with van der Waals surface area (Å²) < 4.78 is 5.76. The van der Waals surface area contributed by atoms with Gasteiger partial charge in [-0.2, -0.15) is 0 Å². The average molecular weight is 287 g/mol. The van der Waals surface area contributed by atoms with Gasteiger partial charge in [-0.3, -0.25) is 0 Å². The zero-order chi connectivity index (χ0) is 14.1. The summed E-state index contributed by atoms with van der Waals surface area (Å²) in [5.74, 6) is 0.927. The van der Waals surface area contributed by atoms with Crippen molar-refractivity contribution in [2.24, 2.45) is 0 Å². The number of para-hydroxylation sites is 1. The van der Waals surface area contributed by atoms with Gasteiger partial charge < -0.3 is 9.73 Å². The van der Waals surface area contributed by atoms with Crippen molar-refractivity contribution < 1.29 is 4.42 Å². The van der Waals surface area contributed by atoms with Gasteiger partial charge in [-0.25, -0.2) is 4.98 Å². The van der Waals surface area contributed by atoms with Gasteiger partial charge in [-0.05, 0) is 31.5 Å². The molecule has 2 aromatic heterocycles. The van der Waals surface area contributed by atoms with E-state index >= 15 is 0 Å². The largest absolute Gasteiger partial charge is 0.461 e. The topological polar surface area (TPSA) is 38.1 Å². The van der Waals surface area contributed by atoms with Gasteiger partial charge in [0.05, 0.1) is 5.69 Å². The number of halogens is 1. The second-order valence-corrected chi connectivity index (χ2v) is 5.14. The van der Waals surface area contributed by atoms with Gasteiger partial charge in [0.1, 0.15) is 11.3 Å². The van der Waals surface area contributed by atoms with Crippen LogP contribution in [0.15, 0.2) is 40.9 Å². The van der Waals surface area contributed by atoms with Gasteiger partial charge in [0, 0.05) is 23.7 Å². The zero-order valence-electron chi connectivity index (χ0n) is 11.4. The van der Waals surface area contributed by atoms with Crippen LogP contribution in [-0.2, 0) is 6.54 Å². The van der Waals surface area contributed by atoms with Crippen LogP contribution in [0.25, 0.3) is 11.0 Å². The lowest BCUT2D eigenvalue weighted by atomic mass is 10.1. The highest BCUT2D eigenvalue weighted by atomic mass is 35.5. The molecule has 0 spiro atoms. The quantitative estimate of drug-likeness (QED) is 0.709. The molecule has 0 saturated carbocycles. The second-order valence-electron chi connectivity index (χ2n) is 4.78. The third-order valence-corrected chi connectivity index (χ3v) is 3.74. The molecule has 1 N–H and O–H groups in total. The Hall–Kier alpha value is -2.00. The molecular weight excluding hydrogens is 272 g/mol. The minimum absolute atomic E-state index is 0.496. The summed E-state index contributed by atoms with van der Waals surface area (Å²) in [6.45, 7) is 4.65. The molecule has 0 aliphatic rings. The summed E-state index contributed by atoms with van der Waals surface area (Å²) in [6, 6.07) is 9.98. The minimum Gasteiger partial charge on any atom is -0.461 e. The van der Waals surface area contributed by atoms with Crippen LogP contribution in [-0.4, -0.2) is 4.98 Å². The first-order valence-corrected chi connectivity index (χ1v) is 6.86. The molecule has 3 aromatic rings. The number of anilines is 1. The maximum absolute atomic E-state index is 6.13. The third kappa shape index (κ3) is 2.25. The Morgan fingerprint density at radius 1 is 1.20 bits per heavy atom. The van der Waals surface area contributed by atoms with Crippen LogP contribution >= 0.6 is 11.6 Å². The standard InChI is InChI=1S/C16H15ClN2O/c1-10-7-8-18-16(17)15(10)19-9-13-11(2)20-14-6-4-3-5-12(13)14/h3-8,19H,9H2,1-2H3. The van der Waals surface area contributed by atoms with Gasteiger partial charge >= 0.3 is 0 Å². The first kappa shape index (κ1) is 13.0. The Morgan fingerprint density at radius 2 is 2.00 bits per heavy atom. The lowest BCUT2D eigenvalue weighted by Crippen LogP contribution is -2.03. The van der Waals surface area contributed by atoms with Crippen molar-refractivity contribution in [1.29, 1.82) is 0 Å². The minimum atomic E-state index is 0.496. The number of aryl methyl sites for hydroxylation is 2. The molecule has 0 atom stereocenters. The molecule has 3 rings (SSSR count). The monoisotopic (exact) mass is 286 g/mol. The van der Waals surface area contributed by atoms with Gasteiger partial charge in [0.25, 0.3) is 0 Å². The Morgan fingerprint density at radius 3 is 2.80 bits per heavy atom. The van der Waals surface area contributed by atoms with Crippen molar-refractivity contribution in [3.8, 4) is 0 Å². The normalized spacial score (nSPS) is 10.9. The summed E-state index contributed by atoms with van der Waals surface area (Å²) in [6.07, 6.45) is 1.71. The van der Waals surface area contributed by atoms with Crippen molar-refractivity contribution in [1.82, 2.24) is 4.98 Å². The number of benzene rings is 1. The number of fused-ring (bicyclic) bond motifs is 1. The molecule has 0 aliphatic carbocycles. The van der Waals surface area contributed by atoms with E-state index in [1.54, 1.807) is 6.20 Å². The van der Waals surface area contributed by atoms with Gasteiger partial charge in [0.2, 0.25) is 0 Å². The molecule has 0 unspecified atom stereocenters. The first-order valence-electron chi connectivity index (χ1n) is 6.49. The molecule has 0 amide bonds. The average Bonchev–Trinajstić information content (AvgIpc) is 2.74. The predicted octanol–water partition coefficient (Wildman–Crippen LogP) is 4.71. The second kappa shape index (κ2) is 5.17. The molecule has 1 aromatic carbocycles. The maximum atomic E-state index is 6.13. The van der Waals surface area contributed by atoms with Crippen LogP contribution in [0.3, 0.4) is 0 Å². The lowest BCUT2D eigenvalue weighted by Gasteiger charge is -2.10. The first-order chi connectivity index (χ1) is 9.66. The molecule has 20 heavy (non-hydrogen) atoms. The number of nitrogens with one attached hydrogen (secondary N) is 1. The molecule has 0 bridgehead atoms.